The summed E-state index contributed by atoms with van der Waals surface area (Å²) < 4.78 is 44.6. The molecule has 0 radical (unpaired) electrons. The van der Waals surface area contributed by atoms with Gasteiger partial charge in [0.15, 0.2) is 22.7 Å². The third-order valence-corrected chi connectivity index (χ3v) is 10.3. The molecule has 3 aromatic heterocycles. The van der Waals surface area contributed by atoms with Crippen LogP contribution >= 0.6 is 11.3 Å². The van der Waals surface area contributed by atoms with Crippen LogP contribution in [0.3, 0.4) is 0 Å². The van der Waals surface area contributed by atoms with Crippen molar-refractivity contribution in [1.29, 1.82) is 0 Å². The van der Waals surface area contributed by atoms with E-state index in [2.05, 4.69) is 25.3 Å². The van der Waals surface area contributed by atoms with Gasteiger partial charge in [0.2, 0.25) is 23.0 Å². The maximum atomic E-state index is 13.2. The summed E-state index contributed by atoms with van der Waals surface area (Å²) in [5.74, 6) is -0.451. The summed E-state index contributed by atoms with van der Waals surface area (Å²) in [7, 11) is -4.21. The molecule has 0 saturated carbocycles. The van der Waals surface area contributed by atoms with Crippen molar-refractivity contribution in [2.45, 2.75) is 17.5 Å². The van der Waals surface area contributed by atoms with E-state index in [1.54, 1.807) is 42.5 Å². The van der Waals surface area contributed by atoms with Crippen LogP contribution in [0.4, 0.5) is 10.7 Å². The topological polar surface area (TPSA) is 208 Å². The molecule has 0 spiro atoms. The molecule has 0 aliphatic carbocycles. The fourth-order valence-electron chi connectivity index (χ4n) is 4.87. The van der Waals surface area contributed by atoms with Crippen molar-refractivity contribution in [3.63, 3.8) is 0 Å². The normalized spacial score (nSPS) is 14.7. The van der Waals surface area contributed by atoms with Crippen LogP contribution in [0.15, 0.2) is 57.9 Å². The van der Waals surface area contributed by atoms with Gasteiger partial charge < -0.3 is 23.7 Å². The number of H-pyrrole nitrogens is 1. The van der Waals surface area contributed by atoms with Crippen LogP contribution in [0.1, 0.15) is 5.56 Å². The molecular formula is C27H22N8O9S2. The number of para-hydroxylation sites is 1. The monoisotopic (exact) mass is 666 g/mol. The summed E-state index contributed by atoms with van der Waals surface area (Å²) in [6, 6.07) is 12.0. The first-order valence-corrected chi connectivity index (χ1v) is 15.9. The van der Waals surface area contributed by atoms with Crippen LogP contribution in [-0.2, 0) is 37.5 Å². The number of thiazole rings is 1. The van der Waals surface area contributed by atoms with Crippen molar-refractivity contribution in [1.82, 2.24) is 33.7 Å². The molecule has 0 atom stereocenters. The lowest BCUT2D eigenvalue weighted by atomic mass is 10.2. The molecule has 5 aromatic rings. The number of carbonyl (C=O) groups is 3. The molecule has 2 N–H and O–H groups in total. The molecule has 19 heteroatoms. The largest absolute Gasteiger partial charge is 0.454 e. The summed E-state index contributed by atoms with van der Waals surface area (Å²) >= 11 is 0.960. The van der Waals surface area contributed by atoms with Crippen LogP contribution in [-0.4, -0.2) is 86.5 Å². The zero-order valence-corrected chi connectivity index (χ0v) is 25.2. The van der Waals surface area contributed by atoms with Gasteiger partial charge in [-0.3, -0.25) is 24.7 Å². The van der Waals surface area contributed by atoms with E-state index in [0.29, 0.717) is 27.3 Å². The van der Waals surface area contributed by atoms with Gasteiger partial charge in [-0.15, -0.1) is 11.3 Å². The van der Waals surface area contributed by atoms with E-state index < -0.39 is 40.0 Å². The van der Waals surface area contributed by atoms with Crippen LogP contribution in [0, 0.1) is 0 Å². The lowest BCUT2D eigenvalue weighted by Gasteiger charge is -2.33. The van der Waals surface area contributed by atoms with Gasteiger partial charge in [-0.2, -0.15) is 13.4 Å². The van der Waals surface area contributed by atoms with Gasteiger partial charge >= 0.3 is 6.09 Å². The van der Waals surface area contributed by atoms with Crippen molar-refractivity contribution in [2.24, 2.45) is 0 Å². The molecule has 2 aromatic carbocycles. The second kappa shape index (κ2) is 11.4. The summed E-state index contributed by atoms with van der Waals surface area (Å²) in [5, 5.41) is 2.35. The number of aromatic nitrogens is 5. The smallest absolute Gasteiger partial charge is 0.414 e. The molecule has 0 unspecified atom stereocenters. The predicted octanol–water partition coefficient (Wildman–Crippen LogP) is 1.27. The highest BCUT2D eigenvalue weighted by atomic mass is 32.2. The Morgan fingerprint density at radius 3 is 2.72 bits per heavy atom. The van der Waals surface area contributed by atoms with E-state index in [1.807, 2.05) is 0 Å². The zero-order chi connectivity index (χ0) is 32.0. The van der Waals surface area contributed by atoms with E-state index in [1.165, 1.54) is 15.8 Å². The van der Waals surface area contributed by atoms with E-state index in [4.69, 9.17) is 14.2 Å². The number of hydrogen-bond donors (Lipinski definition) is 2. The van der Waals surface area contributed by atoms with Gasteiger partial charge in [0.25, 0.3) is 21.5 Å². The quantitative estimate of drug-likeness (QED) is 0.252. The van der Waals surface area contributed by atoms with E-state index >= 15 is 0 Å². The third-order valence-electron chi connectivity index (χ3n) is 7.12. The number of carbonyl (C=O) groups excluding carboxylic acids is 3. The van der Waals surface area contributed by atoms with Crippen molar-refractivity contribution < 1.29 is 37.0 Å². The first-order valence-electron chi connectivity index (χ1n) is 13.6. The highest BCUT2D eigenvalue weighted by Crippen LogP contribution is 2.33. The Morgan fingerprint density at radius 1 is 1.07 bits per heavy atom. The SMILES string of the molecule is O=C(Nc1nc2c(ncn2CC(=O)N2CCN(S(=O)(=O)c3nc4ccccc4s3)C(=O)C2)c(=O)[nH]1)OCc1ccc2c(c1)OCO2. The van der Waals surface area contributed by atoms with Gasteiger partial charge in [0.1, 0.15) is 19.7 Å². The summed E-state index contributed by atoms with van der Waals surface area (Å²) in [6.45, 7) is -1.15. The highest BCUT2D eigenvalue weighted by Gasteiger charge is 2.37. The number of rotatable bonds is 7. The van der Waals surface area contributed by atoms with Gasteiger partial charge in [0, 0.05) is 6.54 Å². The molecule has 5 heterocycles. The molecule has 7 rings (SSSR count). The maximum Gasteiger partial charge on any atom is 0.414 e. The number of benzene rings is 2. The first-order chi connectivity index (χ1) is 22.2. The second-order valence-electron chi connectivity index (χ2n) is 10.1. The first kappa shape index (κ1) is 29.2. The Labute approximate surface area is 262 Å². The maximum absolute atomic E-state index is 13.2. The Hall–Kier alpha value is -5.56. The standard InChI is InChI=1S/C27H22N8O9S2/c36-20(33-7-8-35(21(37)11-33)46(40,41)27-29-16-3-1-2-4-19(16)45-27)10-34-13-28-22-23(34)30-25(31-24(22)38)32-26(39)42-12-15-5-6-17-18(9-15)44-14-43-17/h1-6,9,13H,7-8,10-12,14H2,(H2,30,31,32,38,39). The molecule has 0 bridgehead atoms. The van der Waals surface area contributed by atoms with Crippen LogP contribution in [0.25, 0.3) is 21.4 Å². The van der Waals surface area contributed by atoms with Crippen molar-refractivity contribution in [2.75, 3.05) is 31.7 Å². The van der Waals surface area contributed by atoms with Crippen molar-refractivity contribution in [3.8, 4) is 11.5 Å². The van der Waals surface area contributed by atoms with Gasteiger partial charge in [-0.25, -0.2) is 19.1 Å². The number of hydrogen-bond acceptors (Lipinski definition) is 13. The van der Waals surface area contributed by atoms with E-state index in [9.17, 15) is 27.6 Å². The number of sulfonamides is 1. The van der Waals surface area contributed by atoms with Crippen molar-refractivity contribution >= 4 is 66.6 Å². The Morgan fingerprint density at radius 2 is 1.89 bits per heavy atom. The molecule has 3 amide bonds. The van der Waals surface area contributed by atoms with Crippen LogP contribution < -0.4 is 20.3 Å². The van der Waals surface area contributed by atoms with Crippen molar-refractivity contribution in [3.05, 3.63) is 64.7 Å². The molecular weight excluding hydrogens is 644 g/mol. The Bertz CT molecular complexity index is 2180. The molecule has 17 nitrogen and oxygen atoms in total. The number of nitrogens with zero attached hydrogens (tertiary/aromatic N) is 6. The predicted molar refractivity (Wildman–Crippen MR) is 160 cm³/mol. The number of fused-ring (bicyclic) bond motifs is 3. The number of amides is 3. The molecule has 2 aliphatic heterocycles. The number of aromatic amines is 1. The minimum absolute atomic E-state index is 0.00783. The molecule has 2 aliphatic rings. The summed E-state index contributed by atoms with van der Waals surface area (Å²) in [5.41, 5.74) is 0.373. The number of ether oxygens (including phenoxy) is 3. The summed E-state index contributed by atoms with van der Waals surface area (Å²) in [6.07, 6.45) is 0.321. The lowest BCUT2D eigenvalue weighted by Crippen LogP contribution is -2.54. The molecule has 1 fully saturated rings. The van der Waals surface area contributed by atoms with E-state index in [-0.39, 0.29) is 54.5 Å². The number of anilines is 1. The minimum atomic E-state index is -4.21. The number of nitrogens with one attached hydrogen (secondary N) is 2. The molecule has 46 heavy (non-hydrogen) atoms. The molecule has 1 saturated heterocycles. The average molecular weight is 667 g/mol. The highest BCUT2D eigenvalue weighted by molar-refractivity contribution is 7.91. The minimum Gasteiger partial charge on any atom is -0.454 e. The van der Waals surface area contributed by atoms with Gasteiger partial charge in [0.05, 0.1) is 23.1 Å². The van der Waals surface area contributed by atoms with Crippen LogP contribution in [0.2, 0.25) is 0 Å². The fourth-order valence-corrected chi connectivity index (χ4v) is 7.57. The number of imidazole rings is 1. The fraction of sp³-hybridized carbons (Fsp3) is 0.222. The van der Waals surface area contributed by atoms with E-state index in [0.717, 1.165) is 15.6 Å². The van der Waals surface area contributed by atoms with Gasteiger partial charge in [-0.1, -0.05) is 18.2 Å². The Balaban J connectivity index is 0.999. The zero-order valence-electron chi connectivity index (χ0n) is 23.5. The third kappa shape index (κ3) is 5.45. The Kier molecular flexibility index (Phi) is 7.24. The van der Waals surface area contributed by atoms with Gasteiger partial charge in [-0.05, 0) is 29.8 Å². The summed E-state index contributed by atoms with van der Waals surface area (Å²) in [4.78, 5) is 67.1. The lowest BCUT2D eigenvalue weighted by molar-refractivity contribution is -0.142. The van der Waals surface area contributed by atoms with Crippen LogP contribution in [0.5, 0.6) is 11.5 Å². The second-order valence-corrected chi connectivity index (χ2v) is 13.1. The molecule has 236 valence electrons. The number of piperazine rings is 1. The average Bonchev–Trinajstić information content (AvgIpc) is 3.78.